The quantitative estimate of drug-likeness (QED) is 0.568. The molecule has 5 atom stereocenters. The van der Waals surface area contributed by atoms with Gasteiger partial charge in [-0.25, -0.2) is 9.59 Å². The van der Waals surface area contributed by atoms with Crippen molar-refractivity contribution in [3.8, 4) is 5.75 Å². The summed E-state index contributed by atoms with van der Waals surface area (Å²) in [5, 5.41) is 19.7. The average Bonchev–Trinajstić information content (AvgIpc) is 3.17. The molecular weight excluding hydrogens is 364 g/mol. The van der Waals surface area contributed by atoms with Gasteiger partial charge in [0.05, 0.1) is 12.2 Å². The normalized spacial score (nSPS) is 26.8. The second kappa shape index (κ2) is 9.03. The first kappa shape index (κ1) is 20.1. The van der Waals surface area contributed by atoms with Gasteiger partial charge in [-0.2, -0.15) is 0 Å². The van der Waals surface area contributed by atoms with Gasteiger partial charge in [-0.3, -0.25) is 0 Å². The number of benzene rings is 1. The molecule has 7 heteroatoms. The lowest BCUT2D eigenvalue weighted by atomic mass is 10.0. The van der Waals surface area contributed by atoms with Crippen LogP contribution >= 0.6 is 0 Å². The summed E-state index contributed by atoms with van der Waals surface area (Å²) >= 11 is 0. The molecule has 2 aliphatic heterocycles. The second-order valence-corrected chi connectivity index (χ2v) is 6.96. The van der Waals surface area contributed by atoms with Crippen molar-refractivity contribution >= 4 is 18.0 Å². The molecule has 0 spiro atoms. The van der Waals surface area contributed by atoms with Crippen LogP contribution in [0.15, 0.2) is 42.5 Å². The largest absolute Gasteiger partial charge is 0.508 e. The van der Waals surface area contributed by atoms with Gasteiger partial charge in [0.1, 0.15) is 24.1 Å². The highest BCUT2D eigenvalue weighted by Crippen LogP contribution is 2.29. The average molecular weight is 388 g/mol. The Kier molecular flexibility index (Phi) is 6.49. The smallest absolute Gasteiger partial charge is 0.331 e. The van der Waals surface area contributed by atoms with E-state index in [2.05, 4.69) is 0 Å². The van der Waals surface area contributed by atoms with E-state index in [0.717, 1.165) is 5.56 Å². The molecule has 2 N–H and O–H groups in total. The lowest BCUT2D eigenvalue weighted by Crippen LogP contribution is -2.41. The first-order chi connectivity index (χ1) is 13.4. The summed E-state index contributed by atoms with van der Waals surface area (Å²) in [4.78, 5) is 23.4. The Morgan fingerprint density at radius 1 is 1.21 bits per heavy atom. The summed E-state index contributed by atoms with van der Waals surface area (Å²) in [6.45, 7) is 1.75. The number of aliphatic hydroxyl groups is 1. The summed E-state index contributed by atoms with van der Waals surface area (Å²) in [5.41, 5.74) is 0.763. The van der Waals surface area contributed by atoms with E-state index in [9.17, 15) is 19.8 Å². The molecule has 3 rings (SSSR count). The number of aromatic hydroxyl groups is 1. The summed E-state index contributed by atoms with van der Waals surface area (Å²) in [6, 6.07) is 6.43. The first-order valence-corrected chi connectivity index (χ1v) is 9.31. The van der Waals surface area contributed by atoms with Crippen molar-refractivity contribution in [3.63, 3.8) is 0 Å². The molecule has 1 aromatic carbocycles. The number of rotatable bonds is 6. The van der Waals surface area contributed by atoms with Gasteiger partial charge in [0, 0.05) is 18.6 Å². The molecule has 1 aromatic rings. The number of cyclic esters (lactones) is 1. The van der Waals surface area contributed by atoms with Crippen LogP contribution in [0.5, 0.6) is 5.75 Å². The van der Waals surface area contributed by atoms with E-state index in [-0.39, 0.29) is 11.9 Å². The van der Waals surface area contributed by atoms with Crippen molar-refractivity contribution < 1.29 is 34.0 Å². The third-order valence-corrected chi connectivity index (χ3v) is 4.87. The van der Waals surface area contributed by atoms with Gasteiger partial charge in [0.15, 0.2) is 0 Å². The Labute approximate surface area is 163 Å². The third kappa shape index (κ3) is 5.21. The third-order valence-electron chi connectivity index (χ3n) is 4.87. The molecule has 0 bridgehead atoms. The Morgan fingerprint density at radius 3 is 2.64 bits per heavy atom. The number of hydrogen-bond donors (Lipinski definition) is 2. The van der Waals surface area contributed by atoms with Crippen LogP contribution in [0.2, 0.25) is 0 Å². The zero-order chi connectivity index (χ0) is 20.1. The van der Waals surface area contributed by atoms with E-state index < -0.39 is 36.4 Å². The van der Waals surface area contributed by atoms with E-state index in [1.807, 2.05) is 0 Å². The number of carbonyl (C=O) groups is 2. The summed E-state index contributed by atoms with van der Waals surface area (Å²) in [5.74, 6) is -0.811. The van der Waals surface area contributed by atoms with Gasteiger partial charge in [-0.15, -0.1) is 0 Å². The van der Waals surface area contributed by atoms with Crippen molar-refractivity contribution in [2.24, 2.45) is 0 Å². The molecule has 2 heterocycles. The standard InChI is InChI=1S/C21H24O7/c1-13(26-20(24)12-7-14-5-8-15(22)9-6-14)16-10-11-18(27-16)21(25)17-3-2-4-19(23)28-17/h2,4-9,12-13,16-18,21-22,25H,3,10-11H2,1H3. The minimum absolute atomic E-state index is 0.155. The van der Waals surface area contributed by atoms with Crippen molar-refractivity contribution in [1.82, 2.24) is 0 Å². The number of phenolic OH excluding ortho intramolecular Hbond substituents is 1. The summed E-state index contributed by atoms with van der Waals surface area (Å²) < 4.78 is 16.4. The van der Waals surface area contributed by atoms with Crippen LogP contribution in [0.3, 0.4) is 0 Å². The van der Waals surface area contributed by atoms with Gasteiger partial charge in [-0.1, -0.05) is 18.2 Å². The number of carbonyl (C=O) groups excluding carboxylic acids is 2. The van der Waals surface area contributed by atoms with E-state index in [1.54, 1.807) is 31.2 Å². The van der Waals surface area contributed by atoms with Crippen LogP contribution in [-0.2, 0) is 23.8 Å². The van der Waals surface area contributed by atoms with E-state index in [0.29, 0.717) is 19.3 Å². The number of aliphatic hydroxyl groups excluding tert-OH is 1. The van der Waals surface area contributed by atoms with Crippen LogP contribution in [0, 0.1) is 0 Å². The fraction of sp³-hybridized carbons (Fsp3) is 0.429. The van der Waals surface area contributed by atoms with Crippen LogP contribution in [-0.4, -0.2) is 52.7 Å². The van der Waals surface area contributed by atoms with Gasteiger partial charge in [-0.05, 0) is 43.5 Å². The Hall–Kier alpha value is -2.64. The lowest BCUT2D eigenvalue weighted by Gasteiger charge is -2.28. The van der Waals surface area contributed by atoms with E-state index in [4.69, 9.17) is 14.2 Å². The van der Waals surface area contributed by atoms with Gasteiger partial charge in [0.25, 0.3) is 0 Å². The number of esters is 2. The maximum Gasteiger partial charge on any atom is 0.331 e. The first-order valence-electron chi connectivity index (χ1n) is 9.31. The number of hydrogen-bond acceptors (Lipinski definition) is 7. The second-order valence-electron chi connectivity index (χ2n) is 6.96. The van der Waals surface area contributed by atoms with Crippen LogP contribution < -0.4 is 0 Å². The van der Waals surface area contributed by atoms with Crippen molar-refractivity contribution in [3.05, 3.63) is 48.1 Å². The minimum Gasteiger partial charge on any atom is -0.508 e. The zero-order valence-corrected chi connectivity index (χ0v) is 15.6. The Bertz CT molecular complexity index is 753. The number of phenols is 1. The molecule has 2 aliphatic rings. The van der Waals surface area contributed by atoms with Crippen LogP contribution in [0.25, 0.3) is 6.08 Å². The highest BCUT2D eigenvalue weighted by molar-refractivity contribution is 5.87. The van der Waals surface area contributed by atoms with Crippen molar-refractivity contribution in [2.45, 2.75) is 56.7 Å². The Balaban J connectivity index is 1.47. The molecule has 0 amide bonds. The predicted octanol–water partition coefficient (Wildman–Crippen LogP) is 2.12. The molecule has 1 saturated heterocycles. The van der Waals surface area contributed by atoms with Crippen LogP contribution in [0.1, 0.15) is 31.7 Å². The molecule has 150 valence electrons. The van der Waals surface area contributed by atoms with Crippen LogP contribution in [0.4, 0.5) is 0 Å². The molecule has 5 unspecified atom stereocenters. The maximum absolute atomic E-state index is 12.0. The van der Waals surface area contributed by atoms with Crippen molar-refractivity contribution in [1.29, 1.82) is 0 Å². The molecule has 0 aliphatic carbocycles. The topological polar surface area (TPSA) is 102 Å². The molecule has 28 heavy (non-hydrogen) atoms. The number of ether oxygens (including phenoxy) is 3. The summed E-state index contributed by atoms with van der Waals surface area (Å²) in [6.07, 6.45) is 4.79. The van der Waals surface area contributed by atoms with Gasteiger partial charge in [0.2, 0.25) is 0 Å². The highest BCUT2D eigenvalue weighted by Gasteiger charge is 2.39. The highest BCUT2D eigenvalue weighted by atomic mass is 16.6. The maximum atomic E-state index is 12.0. The SMILES string of the molecule is CC(OC(=O)C=Cc1ccc(O)cc1)C1CCC(C(O)C2CC=CC(=O)O2)O1. The zero-order valence-electron chi connectivity index (χ0n) is 15.6. The predicted molar refractivity (Wildman–Crippen MR) is 100 cm³/mol. The molecular formula is C21H24O7. The fourth-order valence-electron chi connectivity index (χ4n) is 3.32. The lowest BCUT2D eigenvalue weighted by molar-refractivity contribution is -0.164. The molecule has 1 fully saturated rings. The van der Waals surface area contributed by atoms with E-state index in [1.165, 1.54) is 24.3 Å². The monoisotopic (exact) mass is 388 g/mol. The van der Waals surface area contributed by atoms with Gasteiger partial charge >= 0.3 is 11.9 Å². The van der Waals surface area contributed by atoms with Gasteiger partial charge < -0.3 is 24.4 Å². The minimum atomic E-state index is -0.920. The van der Waals surface area contributed by atoms with Crippen molar-refractivity contribution in [2.75, 3.05) is 0 Å². The molecule has 0 radical (unpaired) electrons. The molecule has 7 nitrogen and oxygen atoms in total. The fourth-order valence-corrected chi connectivity index (χ4v) is 3.32. The Morgan fingerprint density at radius 2 is 1.93 bits per heavy atom. The van der Waals surface area contributed by atoms with E-state index >= 15 is 0 Å². The molecule has 0 aromatic heterocycles. The molecule has 0 saturated carbocycles. The summed E-state index contributed by atoms with van der Waals surface area (Å²) in [7, 11) is 0.